The van der Waals surface area contributed by atoms with Crippen molar-refractivity contribution in [3.63, 3.8) is 0 Å². The summed E-state index contributed by atoms with van der Waals surface area (Å²) in [6, 6.07) is 15.5. The van der Waals surface area contributed by atoms with Gasteiger partial charge in [0.25, 0.3) is 15.0 Å². The summed E-state index contributed by atoms with van der Waals surface area (Å²) in [7, 11) is 0.877. The Bertz CT molecular complexity index is 1240. The van der Waals surface area contributed by atoms with Gasteiger partial charge in [0.2, 0.25) is 5.91 Å². The third-order valence-electron chi connectivity index (χ3n) is 4.47. The molecular formula is C22H17ClF2N2O4S. The van der Waals surface area contributed by atoms with Gasteiger partial charge < -0.3 is 10.6 Å². The van der Waals surface area contributed by atoms with Crippen molar-refractivity contribution in [3.8, 4) is 0 Å². The Balaban J connectivity index is 1.82. The Morgan fingerprint density at radius 1 is 0.938 bits per heavy atom. The van der Waals surface area contributed by atoms with E-state index in [9.17, 15) is 26.8 Å². The Hall–Kier alpha value is -3.30. The van der Waals surface area contributed by atoms with E-state index in [0.717, 1.165) is 29.8 Å². The van der Waals surface area contributed by atoms with Crippen molar-refractivity contribution in [2.75, 3.05) is 5.32 Å². The molecule has 3 aromatic carbocycles. The van der Waals surface area contributed by atoms with Crippen LogP contribution in [0.25, 0.3) is 0 Å². The topological polar surface area (TPSA) is 92.3 Å². The first kappa shape index (κ1) is 23.4. The van der Waals surface area contributed by atoms with Crippen LogP contribution in [0.5, 0.6) is 0 Å². The molecule has 0 saturated carbocycles. The maximum absolute atomic E-state index is 14.1. The van der Waals surface area contributed by atoms with Crippen LogP contribution in [0.4, 0.5) is 14.5 Å². The number of hydrogen-bond acceptors (Lipinski definition) is 4. The Morgan fingerprint density at radius 2 is 1.59 bits per heavy atom. The first-order chi connectivity index (χ1) is 15.1. The number of halogens is 3. The molecule has 166 valence electrons. The summed E-state index contributed by atoms with van der Waals surface area (Å²) in [6.07, 6.45) is 0.121. The third-order valence-corrected chi connectivity index (χ3v) is 5.83. The van der Waals surface area contributed by atoms with E-state index in [0.29, 0.717) is 0 Å². The van der Waals surface area contributed by atoms with Gasteiger partial charge in [0.05, 0.1) is 0 Å². The van der Waals surface area contributed by atoms with E-state index in [2.05, 4.69) is 10.6 Å². The fourth-order valence-electron chi connectivity index (χ4n) is 2.91. The molecule has 0 radical (unpaired) electrons. The number of anilines is 1. The average molecular weight is 479 g/mol. The SMILES string of the molecule is O=C(N[C@@H](Cc1ccccc1)C(=O)Nc1ccc(S(=O)(=O)Cl)c(F)c1)c1ccc(F)cc1. The number of rotatable bonds is 7. The molecule has 6 nitrogen and oxygen atoms in total. The maximum atomic E-state index is 14.1. The second-order valence-corrected chi connectivity index (χ2v) is 9.33. The molecule has 0 aliphatic carbocycles. The summed E-state index contributed by atoms with van der Waals surface area (Å²) in [6.45, 7) is 0. The normalized spacial score (nSPS) is 12.1. The van der Waals surface area contributed by atoms with Crippen LogP contribution < -0.4 is 10.6 Å². The zero-order valence-corrected chi connectivity index (χ0v) is 18.0. The van der Waals surface area contributed by atoms with Crippen molar-refractivity contribution >= 4 is 37.2 Å². The zero-order valence-electron chi connectivity index (χ0n) is 16.4. The van der Waals surface area contributed by atoms with Crippen LogP contribution >= 0.6 is 10.7 Å². The lowest BCUT2D eigenvalue weighted by Crippen LogP contribution is -2.45. The minimum Gasteiger partial charge on any atom is -0.340 e. The zero-order chi connectivity index (χ0) is 23.3. The van der Waals surface area contributed by atoms with Crippen molar-refractivity contribution in [3.05, 3.63) is 95.6 Å². The van der Waals surface area contributed by atoms with Crippen LogP contribution in [-0.2, 0) is 20.3 Å². The molecule has 32 heavy (non-hydrogen) atoms. The highest BCUT2D eigenvalue weighted by Gasteiger charge is 2.23. The van der Waals surface area contributed by atoms with Crippen molar-refractivity contribution in [1.82, 2.24) is 5.32 Å². The number of nitrogens with one attached hydrogen (secondary N) is 2. The smallest absolute Gasteiger partial charge is 0.264 e. The summed E-state index contributed by atoms with van der Waals surface area (Å²) >= 11 is 0. The number of hydrogen-bond donors (Lipinski definition) is 2. The fraction of sp³-hybridized carbons (Fsp3) is 0.0909. The van der Waals surface area contributed by atoms with Gasteiger partial charge in [-0.2, -0.15) is 0 Å². The van der Waals surface area contributed by atoms with Gasteiger partial charge in [-0.1, -0.05) is 30.3 Å². The van der Waals surface area contributed by atoms with Gasteiger partial charge in [-0.15, -0.1) is 0 Å². The number of amides is 2. The van der Waals surface area contributed by atoms with Crippen LogP contribution in [0, 0.1) is 11.6 Å². The van der Waals surface area contributed by atoms with E-state index < -0.39 is 43.4 Å². The molecule has 10 heteroatoms. The summed E-state index contributed by atoms with van der Waals surface area (Å²) < 4.78 is 49.9. The van der Waals surface area contributed by atoms with Gasteiger partial charge in [-0.3, -0.25) is 9.59 Å². The van der Waals surface area contributed by atoms with E-state index in [1.807, 2.05) is 0 Å². The predicted octanol–water partition coefficient (Wildman–Crippen LogP) is 3.87. The molecule has 0 aliphatic heterocycles. The fourth-order valence-corrected chi connectivity index (χ4v) is 3.81. The number of carbonyl (C=O) groups is 2. The van der Waals surface area contributed by atoms with Crippen LogP contribution in [0.2, 0.25) is 0 Å². The van der Waals surface area contributed by atoms with Gasteiger partial charge >= 0.3 is 0 Å². The number of benzene rings is 3. The second kappa shape index (κ2) is 9.88. The Morgan fingerprint density at radius 3 is 2.19 bits per heavy atom. The summed E-state index contributed by atoms with van der Waals surface area (Å²) in [4.78, 5) is 24.7. The first-order valence-corrected chi connectivity index (χ1v) is 11.6. The minimum atomic E-state index is -4.28. The van der Waals surface area contributed by atoms with Gasteiger partial charge in [-0.05, 0) is 48.0 Å². The lowest BCUT2D eigenvalue weighted by atomic mass is 10.0. The molecule has 2 amide bonds. The van der Waals surface area contributed by atoms with Crippen molar-refractivity contribution in [1.29, 1.82) is 0 Å². The molecule has 2 N–H and O–H groups in total. The molecule has 0 bridgehead atoms. The number of carbonyl (C=O) groups excluding carboxylic acids is 2. The highest BCUT2D eigenvalue weighted by Crippen LogP contribution is 2.22. The molecule has 0 heterocycles. The first-order valence-electron chi connectivity index (χ1n) is 9.29. The van der Waals surface area contributed by atoms with E-state index in [1.165, 1.54) is 18.2 Å². The highest BCUT2D eigenvalue weighted by molar-refractivity contribution is 8.13. The van der Waals surface area contributed by atoms with Crippen molar-refractivity contribution in [2.24, 2.45) is 0 Å². The van der Waals surface area contributed by atoms with Crippen molar-refractivity contribution in [2.45, 2.75) is 17.4 Å². The molecule has 3 aromatic rings. The Labute approximate surface area is 187 Å². The molecule has 3 rings (SSSR count). The molecular weight excluding hydrogens is 462 g/mol. The van der Waals surface area contributed by atoms with E-state index in [1.54, 1.807) is 30.3 Å². The monoisotopic (exact) mass is 478 g/mol. The molecule has 0 unspecified atom stereocenters. The average Bonchev–Trinajstić information content (AvgIpc) is 2.73. The predicted molar refractivity (Wildman–Crippen MR) is 116 cm³/mol. The van der Waals surface area contributed by atoms with E-state index in [4.69, 9.17) is 10.7 Å². The van der Waals surface area contributed by atoms with E-state index >= 15 is 0 Å². The lowest BCUT2D eigenvalue weighted by Gasteiger charge is -2.19. The Kier molecular flexibility index (Phi) is 7.22. The lowest BCUT2D eigenvalue weighted by molar-refractivity contribution is -0.118. The molecule has 0 spiro atoms. The minimum absolute atomic E-state index is 0.0225. The largest absolute Gasteiger partial charge is 0.340 e. The quantitative estimate of drug-likeness (QED) is 0.504. The standard InChI is InChI=1S/C22H17ClF2N2O4S/c23-32(30,31)20-11-10-17(13-18(20)25)26-22(29)19(12-14-4-2-1-3-5-14)27-21(28)15-6-8-16(24)9-7-15/h1-11,13,19H,12H2,(H,26,29)(H,27,28)/t19-/m0/s1. The third kappa shape index (κ3) is 6.12. The van der Waals surface area contributed by atoms with Crippen LogP contribution in [0.3, 0.4) is 0 Å². The van der Waals surface area contributed by atoms with Crippen LogP contribution in [0.1, 0.15) is 15.9 Å². The van der Waals surface area contributed by atoms with Gasteiger partial charge in [0.1, 0.15) is 22.6 Å². The maximum Gasteiger partial charge on any atom is 0.264 e. The molecule has 0 aliphatic rings. The molecule has 1 atom stereocenters. The van der Waals surface area contributed by atoms with E-state index in [-0.39, 0.29) is 17.7 Å². The molecule has 0 aromatic heterocycles. The summed E-state index contributed by atoms with van der Waals surface area (Å²) in [5, 5.41) is 5.04. The molecule has 0 saturated heterocycles. The van der Waals surface area contributed by atoms with Gasteiger partial charge in [0.15, 0.2) is 0 Å². The van der Waals surface area contributed by atoms with Crippen LogP contribution in [-0.4, -0.2) is 26.3 Å². The summed E-state index contributed by atoms with van der Waals surface area (Å²) in [5.74, 6) is -2.90. The summed E-state index contributed by atoms with van der Waals surface area (Å²) in [5.41, 5.74) is 0.882. The van der Waals surface area contributed by atoms with Crippen LogP contribution in [0.15, 0.2) is 77.7 Å². The van der Waals surface area contributed by atoms with Gasteiger partial charge in [0, 0.05) is 28.4 Å². The molecule has 0 fully saturated rings. The van der Waals surface area contributed by atoms with Crippen molar-refractivity contribution < 1.29 is 26.8 Å². The second-order valence-electron chi connectivity index (χ2n) is 6.79. The highest BCUT2D eigenvalue weighted by atomic mass is 35.7. The van der Waals surface area contributed by atoms with Gasteiger partial charge in [-0.25, -0.2) is 17.2 Å².